The number of hydrogen-bond acceptors (Lipinski definition) is 5. The van der Waals surface area contributed by atoms with Gasteiger partial charge < -0.3 is 14.8 Å². The summed E-state index contributed by atoms with van der Waals surface area (Å²) in [6, 6.07) is 12.5. The Morgan fingerprint density at radius 1 is 1.04 bits per heavy atom. The van der Waals surface area contributed by atoms with Crippen LogP contribution in [0.5, 0.6) is 0 Å². The molecule has 0 radical (unpaired) electrons. The Hall–Kier alpha value is -2.77. The summed E-state index contributed by atoms with van der Waals surface area (Å²) in [4.78, 5) is 26.2. The Morgan fingerprint density at radius 2 is 1.70 bits per heavy atom. The topological polar surface area (TPSA) is 67.9 Å². The van der Waals surface area contributed by atoms with E-state index in [2.05, 4.69) is 10.2 Å². The van der Waals surface area contributed by atoms with Crippen LogP contribution in [0.25, 0.3) is 0 Å². The van der Waals surface area contributed by atoms with Crippen molar-refractivity contribution >= 4 is 17.6 Å². The number of nitrogens with one attached hydrogen (secondary N) is 1. The molecule has 0 atom stereocenters. The van der Waals surface area contributed by atoms with Gasteiger partial charge in [-0.1, -0.05) is 12.1 Å². The largest absolute Gasteiger partial charge is 0.452 e. The number of ether oxygens (including phenoxy) is 2. The van der Waals surface area contributed by atoms with Gasteiger partial charge in [-0.25, -0.2) is 9.18 Å². The average Bonchev–Trinajstić information content (AvgIpc) is 2.69. The second-order valence-electron chi connectivity index (χ2n) is 6.22. The number of esters is 1. The molecule has 1 saturated heterocycles. The summed E-state index contributed by atoms with van der Waals surface area (Å²) < 4.78 is 23.2. The summed E-state index contributed by atoms with van der Waals surface area (Å²) in [7, 11) is 0. The molecule has 0 unspecified atom stereocenters. The molecule has 0 aliphatic carbocycles. The number of morpholine rings is 1. The summed E-state index contributed by atoms with van der Waals surface area (Å²) in [5.74, 6) is -1.45. The van der Waals surface area contributed by atoms with Crippen LogP contribution in [0.3, 0.4) is 0 Å². The van der Waals surface area contributed by atoms with E-state index in [-0.39, 0.29) is 0 Å². The molecule has 0 saturated carbocycles. The lowest BCUT2D eigenvalue weighted by atomic mass is 10.1. The summed E-state index contributed by atoms with van der Waals surface area (Å²) in [5.41, 5.74) is 1.92. The fourth-order valence-electron chi connectivity index (χ4n) is 2.71. The van der Waals surface area contributed by atoms with Gasteiger partial charge in [0.1, 0.15) is 5.82 Å². The van der Waals surface area contributed by atoms with E-state index < -0.39 is 24.3 Å². The van der Waals surface area contributed by atoms with Crippen molar-refractivity contribution in [1.82, 2.24) is 4.90 Å². The molecule has 2 aromatic rings. The first-order chi connectivity index (χ1) is 13.1. The van der Waals surface area contributed by atoms with Crippen LogP contribution < -0.4 is 5.32 Å². The number of rotatable bonds is 6. The highest BCUT2D eigenvalue weighted by Gasteiger charge is 2.13. The number of amides is 1. The Kier molecular flexibility index (Phi) is 6.51. The standard InChI is InChI=1S/C20H21FN2O4/c21-17-5-7-18(8-6-17)22-19(24)14-27-20(25)16-3-1-15(2-4-16)13-23-9-11-26-12-10-23/h1-8H,9-14H2,(H,22,24). The number of hydrogen-bond donors (Lipinski definition) is 1. The normalized spacial score (nSPS) is 14.6. The zero-order valence-corrected chi connectivity index (χ0v) is 14.8. The van der Waals surface area contributed by atoms with Crippen LogP contribution in [0.2, 0.25) is 0 Å². The summed E-state index contributed by atoms with van der Waals surface area (Å²) in [6.45, 7) is 3.67. The molecule has 27 heavy (non-hydrogen) atoms. The smallest absolute Gasteiger partial charge is 0.338 e. The first-order valence-electron chi connectivity index (χ1n) is 8.72. The molecular weight excluding hydrogens is 351 g/mol. The van der Waals surface area contributed by atoms with Crippen LogP contribution in [0.4, 0.5) is 10.1 Å². The van der Waals surface area contributed by atoms with E-state index in [0.29, 0.717) is 11.3 Å². The third-order valence-electron chi connectivity index (χ3n) is 4.16. The molecule has 3 rings (SSSR count). The SMILES string of the molecule is O=C(COC(=O)c1ccc(CN2CCOCC2)cc1)Nc1ccc(F)cc1. The third kappa shape index (κ3) is 5.87. The molecule has 2 aromatic carbocycles. The van der Waals surface area contributed by atoms with Crippen molar-refractivity contribution in [3.8, 4) is 0 Å². The molecule has 0 aromatic heterocycles. The maximum absolute atomic E-state index is 12.8. The number of carbonyl (C=O) groups excluding carboxylic acids is 2. The van der Waals surface area contributed by atoms with Crippen LogP contribution in [0.1, 0.15) is 15.9 Å². The van der Waals surface area contributed by atoms with E-state index in [0.717, 1.165) is 38.4 Å². The molecule has 0 bridgehead atoms. The van der Waals surface area contributed by atoms with Crippen LogP contribution in [0, 0.1) is 5.82 Å². The van der Waals surface area contributed by atoms with Crippen molar-refractivity contribution in [3.63, 3.8) is 0 Å². The Bertz CT molecular complexity index is 772. The highest BCUT2D eigenvalue weighted by Crippen LogP contribution is 2.11. The third-order valence-corrected chi connectivity index (χ3v) is 4.16. The molecule has 7 heteroatoms. The number of nitrogens with zero attached hydrogens (tertiary/aromatic N) is 1. The first kappa shape index (κ1) is 19.0. The van der Waals surface area contributed by atoms with Gasteiger partial charge in [0.15, 0.2) is 6.61 Å². The van der Waals surface area contributed by atoms with Crippen molar-refractivity contribution in [2.45, 2.75) is 6.54 Å². The van der Waals surface area contributed by atoms with Gasteiger partial charge in [0.2, 0.25) is 0 Å². The van der Waals surface area contributed by atoms with Crippen LogP contribution in [-0.2, 0) is 20.8 Å². The molecule has 6 nitrogen and oxygen atoms in total. The molecule has 142 valence electrons. The minimum absolute atomic E-state index is 0.385. The molecule has 1 amide bonds. The highest BCUT2D eigenvalue weighted by atomic mass is 19.1. The first-order valence-corrected chi connectivity index (χ1v) is 8.72. The summed E-state index contributed by atoms with van der Waals surface area (Å²) in [6.07, 6.45) is 0. The van der Waals surface area contributed by atoms with Gasteiger partial charge in [-0.2, -0.15) is 0 Å². The van der Waals surface area contributed by atoms with Crippen molar-refractivity contribution in [2.24, 2.45) is 0 Å². The van der Waals surface area contributed by atoms with E-state index in [4.69, 9.17) is 9.47 Å². The number of benzene rings is 2. The molecule has 1 heterocycles. The average molecular weight is 372 g/mol. The lowest BCUT2D eigenvalue weighted by Crippen LogP contribution is -2.35. The predicted molar refractivity (Wildman–Crippen MR) is 97.9 cm³/mol. The Morgan fingerprint density at radius 3 is 2.37 bits per heavy atom. The van der Waals surface area contributed by atoms with E-state index in [1.807, 2.05) is 12.1 Å². The zero-order valence-electron chi connectivity index (χ0n) is 14.8. The number of halogens is 1. The van der Waals surface area contributed by atoms with Crippen molar-refractivity contribution in [1.29, 1.82) is 0 Å². The minimum Gasteiger partial charge on any atom is -0.452 e. The Balaban J connectivity index is 1.45. The maximum Gasteiger partial charge on any atom is 0.338 e. The molecule has 1 aliphatic rings. The van der Waals surface area contributed by atoms with Gasteiger partial charge in [0, 0.05) is 25.3 Å². The molecule has 1 fully saturated rings. The summed E-state index contributed by atoms with van der Waals surface area (Å²) in [5, 5.41) is 2.53. The minimum atomic E-state index is -0.567. The maximum atomic E-state index is 12.8. The van der Waals surface area contributed by atoms with E-state index in [1.54, 1.807) is 12.1 Å². The second-order valence-corrected chi connectivity index (χ2v) is 6.22. The Labute approximate surface area is 156 Å². The van der Waals surface area contributed by atoms with Crippen LogP contribution in [0.15, 0.2) is 48.5 Å². The van der Waals surface area contributed by atoms with Gasteiger partial charge in [0.05, 0.1) is 18.8 Å². The zero-order chi connectivity index (χ0) is 19.1. The monoisotopic (exact) mass is 372 g/mol. The number of anilines is 1. The van der Waals surface area contributed by atoms with Crippen LogP contribution >= 0.6 is 0 Å². The molecule has 1 N–H and O–H groups in total. The van der Waals surface area contributed by atoms with Gasteiger partial charge in [-0.3, -0.25) is 9.69 Å². The predicted octanol–water partition coefficient (Wildman–Crippen LogP) is 2.45. The molecule has 0 spiro atoms. The summed E-state index contributed by atoms with van der Waals surface area (Å²) >= 11 is 0. The molecular formula is C20H21FN2O4. The van der Waals surface area contributed by atoms with Gasteiger partial charge in [-0.15, -0.1) is 0 Å². The van der Waals surface area contributed by atoms with Gasteiger partial charge >= 0.3 is 5.97 Å². The lowest BCUT2D eigenvalue weighted by Gasteiger charge is -2.26. The fourth-order valence-corrected chi connectivity index (χ4v) is 2.71. The number of carbonyl (C=O) groups is 2. The van der Waals surface area contributed by atoms with E-state index in [1.165, 1.54) is 24.3 Å². The van der Waals surface area contributed by atoms with E-state index >= 15 is 0 Å². The lowest BCUT2D eigenvalue weighted by molar-refractivity contribution is -0.119. The van der Waals surface area contributed by atoms with Gasteiger partial charge in [0.25, 0.3) is 5.91 Å². The molecule has 1 aliphatic heterocycles. The second kappa shape index (κ2) is 9.25. The van der Waals surface area contributed by atoms with Crippen LogP contribution in [-0.4, -0.2) is 49.7 Å². The van der Waals surface area contributed by atoms with Crippen molar-refractivity contribution in [3.05, 3.63) is 65.5 Å². The highest BCUT2D eigenvalue weighted by molar-refractivity contribution is 5.95. The fraction of sp³-hybridized carbons (Fsp3) is 0.300. The van der Waals surface area contributed by atoms with Crippen molar-refractivity contribution < 1.29 is 23.5 Å². The van der Waals surface area contributed by atoms with E-state index in [9.17, 15) is 14.0 Å². The quantitative estimate of drug-likeness (QED) is 0.789. The van der Waals surface area contributed by atoms with Gasteiger partial charge in [-0.05, 0) is 42.0 Å². The van der Waals surface area contributed by atoms with Crippen molar-refractivity contribution in [2.75, 3.05) is 38.2 Å².